The van der Waals surface area contributed by atoms with Crippen LogP contribution in [0.15, 0.2) is 12.1 Å². The Morgan fingerprint density at radius 3 is 2.35 bits per heavy atom. The average molecular weight is 283 g/mol. The van der Waals surface area contributed by atoms with Gasteiger partial charge in [-0.15, -0.1) is 0 Å². The summed E-state index contributed by atoms with van der Waals surface area (Å²) >= 11 is 0. The highest BCUT2D eigenvalue weighted by molar-refractivity contribution is 5.50. The molecule has 2 N–H and O–H groups in total. The molecule has 1 aliphatic heterocycles. The molecule has 0 spiro atoms. The zero-order valence-corrected chi connectivity index (χ0v) is 12.0. The van der Waals surface area contributed by atoms with Gasteiger partial charge in [-0.3, -0.25) is 0 Å². The van der Waals surface area contributed by atoms with Gasteiger partial charge in [0.05, 0.1) is 0 Å². The highest BCUT2D eigenvalue weighted by Crippen LogP contribution is 2.24. The molecule has 0 amide bonds. The molecule has 1 aliphatic rings. The van der Waals surface area contributed by atoms with Crippen LogP contribution in [0.25, 0.3) is 0 Å². The van der Waals surface area contributed by atoms with Crippen molar-refractivity contribution in [2.75, 3.05) is 44.7 Å². The van der Waals surface area contributed by atoms with Crippen LogP contribution < -0.4 is 10.6 Å². The predicted molar refractivity (Wildman–Crippen MR) is 78.1 cm³/mol. The molecule has 5 heteroatoms. The minimum absolute atomic E-state index is 0.0602. The number of hydrogen-bond acceptors (Lipinski definition) is 3. The monoisotopic (exact) mass is 283 g/mol. The molecule has 0 saturated carbocycles. The number of likely N-dealkylation sites (tertiary alicyclic amines) is 1. The van der Waals surface area contributed by atoms with Gasteiger partial charge < -0.3 is 15.5 Å². The fraction of sp³-hybridized carbons (Fsp3) is 0.600. The molecule has 0 aromatic heterocycles. The lowest BCUT2D eigenvalue weighted by Gasteiger charge is -2.24. The Morgan fingerprint density at radius 1 is 1.20 bits per heavy atom. The van der Waals surface area contributed by atoms with E-state index in [1.54, 1.807) is 11.9 Å². The van der Waals surface area contributed by atoms with E-state index in [0.29, 0.717) is 25.1 Å². The Morgan fingerprint density at radius 2 is 1.80 bits per heavy atom. The van der Waals surface area contributed by atoms with Gasteiger partial charge in [-0.2, -0.15) is 0 Å². The van der Waals surface area contributed by atoms with Crippen LogP contribution in [-0.2, 0) is 6.42 Å². The number of nitrogens with zero attached hydrogens (tertiary/aromatic N) is 2. The third kappa shape index (κ3) is 3.67. The Kier molecular flexibility index (Phi) is 5.31. The summed E-state index contributed by atoms with van der Waals surface area (Å²) in [6, 6.07) is 2.77. The first kappa shape index (κ1) is 15.2. The van der Waals surface area contributed by atoms with Crippen LogP contribution in [0.5, 0.6) is 0 Å². The molecule has 112 valence electrons. The molecule has 2 rings (SSSR count). The van der Waals surface area contributed by atoms with E-state index in [4.69, 9.17) is 5.73 Å². The lowest BCUT2D eigenvalue weighted by molar-refractivity contribution is 0.346. The summed E-state index contributed by atoms with van der Waals surface area (Å²) in [6.07, 6.45) is 2.94. The molecule has 0 bridgehead atoms. The van der Waals surface area contributed by atoms with Gasteiger partial charge in [0.1, 0.15) is 17.3 Å². The van der Waals surface area contributed by atoms with Crippen molar-refractivity contribution in [2.24, 2.45) is 5.73 Å². The topological polar surface area (TPSA) is 32.5 Å². The Balaban J connectivity index is 2.02. The fourth-order valence-corrected chi connectivity index (χ4v) is 2.70. The van der Waals surface area contributed by atoms with Crippen LogP contribution in [-0.4, -0.2) is 44.7 Å². The average Bonchev–Trinajstić information content (AvgIpc) is 2.89. The van der Waals surface area contributed by atoms with Gasteiger partial charge in [0.15, 0.2) is 0 Å². The maximum absolute atomic E-state index is 14.0. The minimum atomic E-state index is -0.502. The molecule has 1 saturated heterocycles. The molecular weight excluding hydrogens is 260 g/mol. The summed E-state index contributed by atoms with van der Waals surface area (Å²) < 4.78 is 28.1. The second-order valence-electron chi connectivity index (χ2n) is 5.42. The van der Waals surface area contributed by atoms with Crippen molar-refractivity contribution in [3.05, 3.63) is 29.3 Å². The van der Waals surface area contributed by atoms with Crippen LogP contribution in [0.2, 0.25) is 0 Å². The molecule has 0 aliphatic carbocycles. The van der Waals surface area contributed by atoms with Gasteiger partial charge in [-0.25, -0.2) is 8.78 Å². The van der Waals surface area contributed by atoms with Gasteiger partial charge in [-0.05, 0) is 56.6 Å². The molecule has 3 nitrogen and oxygen atoms in total. The highest BCUT2D eigenvalue weighted by atomic mass is 19.1. The van der Waals surface area contributed by atoms with E-state index < -0.39 is 11.6 Å². The van der Waals surface area contributed by atoms with Crippen LogP contribution in [0, 0.1) is 11.6 Å². The van der Waals surface area contributed by atoms with Crippen molar-refractivity contribution >= 4 is 5.69 Å². The number of halogens is 2. The summed E-state index contributed by atoms with van der Waals surface area (Å²) in [5.74, 6) is -1.00. The first-order valence-electron chi connectivity index (χ1n) is 7.23. The van der Waals surface area contributed by atoms with E-state index >= 15 is 0 Å². The second kappa shape index (κ2) is 6.99. The van der Waals surface area contributed by atoms with E-state index in [2.05, 4.69) is 4.90 Å². The second-order valence-corrected chi connectivity index (χ2v) is 5.42. The van der Waals surface area contributed by atoms with Crippen molar-refractivity contribution in [1.29, 1.82) is 0 Å². The third-order valence-electron chi connectivity index (χ3n) is 3.84. The van der Waals surface area contributed by atoms with Crippen molar-refractivity contribution in [3.8, 4) is 0 Å². The molecule has 1 aromatic carbocycles. The van der Waals surface area contributed by atoms with Gasteiger partial charge >= 0.3 is 0 Å². The van der Waals surface area contributed by atoms with E-state index in [9.17, 15) is 8.78 Å². The summed E-state index contributed by atoms with van der Waals surface area (Å²) in [5, 5.41) is 0. The first-order valence-corrected chi connectivity index (χ1v) is 7.23. The van der Waals surface area contributed by atoms with Gasteiger partial charge in [-0.1, -0.05) is 0 Å². The lowest BCUT2D eigenvalue weighted by Crippen LogP contribution is -2.32. The number of nitrogens with two attached hydrogens (primary N) is 1. The quantitative estimate of drug-likeness (QED) is 0.866. The number of benzene rings is 1. The van der Waals surface area contributed by atoms with E-state index in [0.717, 1.165) is 19.6 Å². The molecule has 0 radical (unpaired) electrons. The molecule has 1 fully saturated rings. The number of rotatable bonds is 6. The summed E-state index contributed by atoms with van der Waals surface area (Å²) in [6.45, 7) is 4.05. The summed E-state index contributed by atoms with van der Waals surface area (Å²) in [4.78, 5) is 3.99. The number of hydrogen-bond donors (Lipinski definition) is 1. The molecule has 1 aromatic rings. The van der Waals surface area contributed by atoms with Crippen LogP contribution in [0.1, 0.15) is 18.4 Å². The highest BCUT2D eigenvalue weighted by Gasteiger charge is 2.17. The minimum Gasteiger partial charge on any atom is -0.369 e. The van der Waals surface area contributed by atoms with Gasteiger partial charge in [0, 0.05) is 20.1 Å². The largest absolute Gasteiger partial charge is 0.369 e. The standard InChI is InChI=1S/C15H23F2N3/c1-19(8-9-20-6-2-3-7-20)15-13(16)10-12(4-5-18)11-14(15)17/h10-11H,2-9,18H2,1H3. The summed E-state index contributed by atoms with van der Waals surface area (Å²) in [5.41, 5.74) is 6.09. The van der Waals surface area contributed by atoms with Crippen molar-refractivity contribution in [1.82, 2.24) is 4.90 Å². The number of likely N-dealkylation sites (N-methyl/N-ethyl adjacent to an activating group) is 1. The number of anilines is 1. The zero-order chi connectivity index (χ0) is 14.5. The maximum Gasteiger partial charge on any atom is 0.149 e. The Hall–Kier alpha value is -1.20. The van der Waals surface area contributed by atoms with E-state index in [-0.39, 0.29) is 5.69 Å². The smallest absolute Gasteiger partial charge is 0.149 e. The van der Waals surface area contributed by atoms with Crippen LogP contribution in [0.3, 0.4) is 0 Å². The normalized spacial score (nSPS) is 15.8. The Labute approximate surface area is 119 Å². The lowest BCUT2D eigenvalue weighted by atomic mass is 10.1. The summed E-state index contributed by atoms with van der Waals surface area (Å²) in [7, 11) is 1.74. The molecule has 0 atom stereocenters. The predicted octanol–water partition coefficient (Wildman–Crippen LogP) is 2.00. The molecular formula is C15H23F2N3. The van der Waals surface area contributed by atoms with Crippen molar-refractivity contribution in [3.63, 3.8) is 0 Å². The van der Waals surface area contributed by atoms with Crippen LogP contribution >= 0.6 is 0 Å². The van der Waals surface area contributed by atoms with E-state index in [1.165, 1.54) is 25.0 Å². The van der Waals surface area contributed by atoms with Crippen LogP contribution in [0.4, 0.5) is 14.5 Å². The maximum atomic E-state index is 14.0. The first-order chi connectivity index (χ1) is 9.61. The van der Waals surface area contributed by atoms with Crippen molar-refractivity contribution < 1.29 is 8.78 Å². The molecule has 0 unspecified atom stereocenters. The van der Waals surface area contributed by atoms with Crippen molar-refractivity contribution in [2.45, 2.75) is 19.3 Å². The Bertz CT molecular complexity index is 422. The van der Waals surface area contributed by atoms with Gasteiger partial charge in [0.2, 0.25) is 0 Å². The molecule has 20 heavy (non-hydrogen) atoms. The van der Waals surface area contributed by atoms with Gasteiger partial charge in [0.25, 0.3) is 0 Å². The zero-order valence-electron chi connectivity index (χ0n) is 12.0. The SMILES string of the molecule is CN(CCN1CCCC1)c1c(F)cc(CCN)cc1F. The molecule has 1 heterocycles. The fourth-order valence-electron chi connectivity index (χ4n) is 2.70. The van der Waals surface area contributed by atoms with E-state index in [1.807, 2.05) is 0 Å². The third-order valence-corrected chi connectivity index (χ3v) is 3.84.